The summed E-state index contributed by atoms with van der Waals surface area (Å²) in [5.41, 5.74) is 1.14. The van der Waals surface area contributed by atoms with E-state index in [-0.39, 0.29) is 11.7 Å². The van der Waals surface area contributed by atoms with Gasteiger partial charge in [-0.2, -0.15) is 0 Å². The van der Waals surface area contributed by atoms with Crippen LogP contribution in [0.1, 0.15) is 24.8 Å². The Kier molecular flexibility index (Phi) is 2.23. The van der Waals surface area contributed by atoms with Crippen LogP contribution in [0.15, 0.2) is 18.3 Å². The lowest BCUT2D eigenvalue weighted by atomic mass is 10.1. The van der Waals surface area contributed by atoms with Crippen LogP contribution in [-0.4, -0.2) is 17.9 Å². The van der Waals surface area contributed by atoms with Gasteiger partial charge in [-0.15, -0.1) is 0 Å². The highest BCUT2D eigenvalue weighted by atomic mass is 16.5. The summed E-state index contributed by atoms with van der Waals surface area (Å²) in [5.74, 6) is 1.52. The minimum absolute atomic E-state index is 0.227. The lowest BCUT2D eigenvalue weighted by Crippen LogP contribution is -1.95. The van der Waals surface area contributed by atoms with E-state index in [9.17, 15) is 4.79 Å². The van der Waals surface area contributed by atoms with Crippen LogP contribution in [-0.2, 0) is 4.79 Å². The van der Waals surface area contributed by atoms with Gasteiger partial charge < -0.3 is 4.74 Å². The molecule has 3 heteroatoms. The summed E-state index contributed by atoms with van der Waals surface area (Å²) < 4.78 is 4.97. The van der Waals surface area contributed by atoms with Crippen LogP contribution in [0.5, 0.6) is 5.88 Å². The Hall–Kier alpha value is -1.38. The number of Topliss-reactive ketones (excluding diaryl/α,β-unsaturated/α-hetero) is 1. The number of carbonyl (C=O) groups excluding carboxylic acids is 1. The number of ketones is 1. The van der Waals surface area contributed by atoms with Crippen molar-refractivity contribution in [1.29, 1.82) is 0 Å². The van der Waals surface area contributed by atoms with Gasteiger partial charge in [0, 0.05) is 18.2 Å². The number of aromatic nitrogens is 1. The van der Waals surface area contributed by atoms with E-state index in [0.29, 0.717) is 11.8 Å². The summed E-state index contributed by atoms with van der Waals surface area (Å²) in [5, 5.41) is 0. The van der Waals surface area contributed by atoms with Crippen LogP contribution < -0.4 is 4.74 Å². The molecule has 1 aromatic rings. The van der Waals surface area contributed by atoms with E-state index in [4.69, 9.17) is 4.74 Å². The van der Waals surface area contributed by atoms with Crippen molar-refractivity contribution in [3.63, 3.8) is 0 Å². The van der Waals surface area contributed by atoms with Crippen molar-refractivity contribution in [2.45, 2.75) is 19.3 Å². The number of rotatable bonds is 3. The SMILES string of the molecule is COc1ccc(C2CC2C(C)=O)cn1. The van der Waals surface area contributed by atoms with Crippen LogP contribution in [0.2, 0.25) is 0 Å². The van der Waals surface area contributed by atoms with Crippen molar-refractivity contribution in [1.82, 2.24) is 4.98 Å². The summed E-state index contributed by atoms with van der Waals surface area (Å²) in [7, 11) is 1.59. The minimum Gasteiger partial charge on any atom is -0.481 e. The van der Waals surface area contributed by atoms with E-state index in [1.165, 1.54) is 0 Å². The first-order valence-electron chi connectivity index (χ1n) is 4.72. The van der Waals surface area contributed by atoms with Gasteiger partial charge in [0.1, 0.15) is 5.78 Å². The monoisotopic (exact) mass is 191 g/mol. The van der Waals surface area contributed by atoms with Crippen LogP contribution in [0.3, 0.4) is 0 Å². The molecule has 2 atom stereocenters. The van der Waals surface area contributed by atoms with Gasteiger partial charge in [-0.25, -0.2) is 4.98 Å². The zero-order valence-corrected chi connectivity index (χ0v) is 8.36. The van der Waals surface area contributed by atoms with Crippen molar-refractivity contribution < 1.29 is 9.53 Å². The summed E-state index contributed by atoms with van der Waals surface area (Å²) in [6.45, 7) is 1.65. The fraction of sp³-hybridized carbons (Fsp3) is 0.455. The first-order valence-corrected chi connectivity index (χ1v) is 4.72. The zero-order chi connectivity index (χ0) is 10.1. The van der Waals surface area contributed by atoms with Crippen molar-refractivity contribution >= 4 is 5.78 Å². The highest BCUT2D eigenvalue weighted by Crippen LogP contribution is 2.47. The average molecular weight is 191 g/mol. The van der Waals surface area contributed by atoms with Crippen LogP contribution >= 0.6 is 0 Å². The highest BCUT2D eigenvalue weighted by molar-refractivity contribution is 5.82. The molecule has 0 spiro atoms. The number of hydrogen-bond donors (Lipinski definition) is 0. The smallest absolute Gasteiger partial charge is 0.212 e. The largest absolute Gasteiger partial charge is 0.481 e. The molecule has 0 N–H and O–H groups in total. The molecule has 1 aliphatic rings. The second-order valence-corrected chi connectivity index (χ2v) is 3.69. The Balaban J connectivity index is 2.08. The van der Waals surface area contributed by atoms with E-state index in [2.05, 4.69) is 4.98 Å². The summed E-state index contributed by atoms with van der Waals surface area (Å²) in [4.78, 5) is 15.2. The van der Waals surface area contributed by atoms with Gasteiger partial charge in [0.2, 0.25) is 5.88 Å². The molecule has 1 saturated carbocycles. The third kappa shape index (κ3) is 1.62. The number of ether oxygens (including phenoxy) is 1. The average Bonchev–Trinajstić information content (AvgIpc) is 2.97. The third-order valence-corrected chi connectivity index (χ3v) is 2.71. The molecule has 1 fully saturated rings. The molecular formula is C11H13NO2. The fourth-order valence-corrected chi connectivity index (χ4v) is 1.74. The zero-order valence-electron chi connectivity index (χ0n) is 8.36. The van der Waals surface area contributed by atoms with Crippen molar-refractivity contribution in [3.05, 3.63) is 23.9 Å². The molecule has 1 heterocycles. The lowest BCUT2D eigenvalue weighted by Gasteiger charge is -2.00. The second-order valence-electron chi connectivity index (χ2n) is 3.69. The van der Waals surface area contributed by atoms with Crippen molar-refractivity contribution in [3.8, 4) is 5.88 Å². The fourth-order valence-electron chi connectivity index (χ4n) is 1.74. The van der Waals surface area contributed by atoms with Gasteiger partial charge in [-0.3, -0.25) is 4.79 Å². The lowest BCUT2D eigenvalue weighted by molar-refractivity contribution is -0.118. The predicted octanol–water partition coefficient (Wildman–Crippen LogP) is 1.78. The van der Waals surface area contributed by atoms with Gasteiger partial charge in [-0.1, -0.05) is 6.07 Å². The molecule has 0 radical (unpaired) electrons. The second kappa shape index (κ2) is 3.40. The predicted molar refractivity (Wildman–Crippen MR) is 52.3 cm³/mol. The van der Waals surface area contributed by atoms with Gasteiger partial charge in [0.15, 0.2) is 0 Å². The topological polar surface area (TPSA) is 39.2 Å². The minimum atomic E-state index is 0.227. The Labute approximate surface area is 83.1 Å². The molecule has 0 aromatic carbocycles. The molecule has 74 valence electrons. The molecule has 2 unspecified atom stereocenters. The quantitative estimate of drug-likeness (QED) is 0.731. The standard InChI is InChI=1S/C11H13NO2/c1-7(13)9-5-10(9)8-3-4-11(14-2)12-6-8/h3-4,6,9-10H,5H2,1-2H3. The molecule has 14 heavy (non-hydrogen) atoms. The number of nitrogens with zero attached hydrogens (tertiary/aromatic N) is 1. The maximum atomic E-state index is 11.1. The van der Waals surface area contributed by atoms with E-state index in [1.54, 1.807) is 20.2 Å². The molecule has 2 rings (SSSR count). The molecule has 1 aromatic heterocycles. The van der Waals surface area contributed by atoms with Crippen molar-refractivity contribution in [2.24, 2.45) is 5.92 Å². The molecule has 0 aliphatic heterocycles. The Bertz CT molecular complexity index is 345. The Morgan fingerprint density at radius 2 is 2.36 bits per heavy atom. The Morgan fingerprint density at radius 1 is 1.57 bits per heavy atom. The van der Waals surface area contributed by atoms with E-state index in [0.717, 1.165) is 12.0 Å². The van der Waals surface area contributed by atoms with Gasteiger partial charge in [0.25, 0.3) is 0 Å². The van der Waals surface area contributed by atoms with Gasteiger partial charge in [0.05, 0.1) is 7.11 Å². The van der Waals surface area contributed by atoms with E-state index < -0.39 is 0 Å². The number of methoxy groups -OCH3 is 1. The molecule has 0 saturated heterocycles. The third-order valence-electron chi connectivity index (χ3n) is 2.71. The van der Waals surface area contributed by atoms with E-state index >= 15 is 0 Å². The maximum absolute atomic E-state index is 11.1. The summed E-state index contributed by atoms with van der Waals surface area (Å²) in [6, 6.07) is 3.82. The van der Waals surface area contributed by atoms with Gasteiger partial charge in [-0.05, 0) is 24.8 Å². The number of pyridine rings is 1. The van der Waals surface area contributed by atoms with Crippen LogP contribution in [0, 0.1) is 5.92 Å². The molecular weight excluding hydrogens is 178 g/mol. The Morgan fingerprint density at radius 3 is 2.79 bits per heavy atom. The first-order chi connectivity index (χ1) is 6.72. The van der Waals surface area contributed by atoms with Crippen LogP contribution in [0.25, 0.3) is 0 Å². The van der Waals surface area contributed by atoms with Gasteiger partial charge >= 0.3 is 0 Å². The summed E-state index contributed by atoms with van der Waals surface area (Å²) in [6.07, 6.45) is 2.77. The van der Waals surface area contributed by atoms with Crippen molar-refractivity contribution in [2.75, 3.05) is 7.11 Å². The maximum Gasteiger partial charge on any atom is 0.212 e. The molecule has 0 amide bonds. The normalized spacial score (nSPS) is 24.4. The first kappa shape index (κ1) is 9.19. The van der Waals surface area contributed by atoms with E-state index in [1.807, 2.05) is 12.1 Å². The number of hydrogen-bond acceptors (Lipinski definition) is 3. The van der Waals surface area contributed by atoms with Crippen LogP contribution in [0.4, 0.5) is 0 Å². The number of carbonyl (C=O) groups is 1. The molecule has 3 nitrogen and oxygen atoms in total. The summed E-state index contributed by atoms with van der Waals surface area (Å²) >= 11 is 0. The molecule has 0 bridgehead atoms. The molecule has 1 aliphatic carbocycles. The highest BCUT2D eigenvalue weighted by Gasteiger charge is 2.41.